The lowest BCUT2D eigenvalue weighted by Gasteiger charge is -2.37. The lowest BCUT2D eigenvalue weighted by molar-refractivity contribution is -0.161. The topological polar surface area (TPSA) is 68.2 Å². The Kier molecular flexibility index (Phi) is 7.68. The third-order valence-electron chi connectivity index (χ3n) is 6.74. The number of likely N-dealkylation sites (tertiary alicyclic amines) is 1. The molecule has 0 aromatic heterocycles. The molecule has 33 heavy (non-hydrogen) atoms. The summed E-state index contributed by atoms with van der Waals surface area (Å²) in [5.41, 5.74) is 0.478. The highest BCUT2D eigenvalue weighted by molar-refractivity contribution is 6.74. The van der Waals surface area contributed by atoms with Crippen LogP contribution in [0.15, 0.2) is 54.6 Å². The number of methoxy groups -OCH3 is 1. The third-order valence-corrected chi connectivity index (χ3v) is 11.2. The fourth-order valence-electron chi connectivity index (χ4n) is 3.68. The van der Waals surface area contributed by atoms with Crippen molar-refractivity contribution in [3.63, 3.8) is 0 Å². The van der Waals surface area contributed by atoms with Gasteiger partial charge in [-0.25, -0.2) is 0 Å². The zero-order chi connectivity index (χ0) is 24.3. The van der Waals surface area contributed by atoms with Gasteiger partial charge in [0.05, 0.1) is 20.3 Å². The maximum absolute atomic E-state index is 13.4. The highest BCUT2D eigenvalue weighted by atomic mass is 28.4. The lowest BCUT2D eigenvalue weighted by atomic mass is 10.1. The molecule has 2 aromatic carbocycles. The maximum atomic E-state index is 13.4. The second kappa shape index (κ2) is 9.97. The van der Waals surface area contributed by atoms with Crippen molar-refractivity contribution < 1.29 is 23.8 Å². The Bertz CT molecular complexity index is 926. The molecule has 2 atom stereocenters. The quantitative estimate of drug-likeness (QED) is 0.536. The highest BCUT2D eigenvalue weighted by Crippen LogP contribution is 2.41. The van der Waals surface area contributed by atoms with E-state index < -0.39 is 20.1 Å². The van der Waals surface area contributed by atoms with Crippen LogP contribution in [0.25, 0.3) is 0 Å². The number of carbonyl (C=O) groups is 1. The Balaban J connectivity index is 1.76. The van der Waals surface area contributed by atoms with E-state index in [4.69, 9.17) is 13.9 Å². The van der Waals surface area contributed by atoms with Gasteiger partial charge in [-0.3, -0.25) is 4.79 Å². The number of nitrogens with zero attached hydrogens (tertiary/aromatic N) is 1. The average molecular weight is 472 g/mol. The van der Waals surface area contributed by atoms with Crippen molar-refractivity contribution in [1.29, 1.82) is 0 Å². The summed E-state index contributed by atoms with van der Waals surface area (Å²) in [6.07, 6.45) is -0.488. The van der Waals surface area contributed by atoms with Gasteiger partial charge in [0.25, 0.3) is 5.91 Å². The minimum Gasteiger partial charge on any atom is -0.497 e. The van der Waals surface area contributed by atoms with Crippen LogP contribution in [0.5, 0.6) is 5.75 Å². The molecule has 1 aliphatic rings. The van der Waals surface area contributed by atoms with Gasteiger partial charge in [0.2, 0.25) is 0 Å². The zero-order valence-corrected chi connectivity index (χ0v) is 21.6. The molecule has 0 spiro atoms. The first-order chi connectivity index (χ1) is 15.4. The minimum absolute atomic E-state index is 0.00889. The molecule has 2 aromatic rings. The predicted octanol–water partition coefficient (Wildman–Crippen LogP) is 4.72. The van der Waals surface area contributed by atoms with E-state index in [9.17, 15) is 9.90 Å². The molecule has 0 bridgehead atoms. The molecule has 1 saturated heterocycles. The van der Waals surface area contributed by atoms with Gasteiger partial charge in [0, 0.05) is 13.0 Å². The van der Waals surface area contributed by atoms with E-state index in [1.807, 2.05) is 54.6 Å². The van der Waals surface area contributed by atoms with Crippen molar-refractivity contribution in [1.82, 2.24) is 4.90 Å². The number of amides is 1. The molecule has 7 heteroatoms. The standard InChI is InChI=1S/C26H37NO5Si/c1-25(2,3)33(5,6)32-23-16-26(29,19-31-18-21-12-14-22(30-4)15-13-21)27(24(23)28)17-20-10-8-7-9-11-20/h7-15,23,29H,16-19H2,1-6H3/t23-,26?/m0/s1. The van der Waals surface area contributed by atoms with E-state index in [0.717, 1.165) is 16.9 Å². The van der Waals surface area contributed by atoms with Crippen LogP contribution in [-0.4, -0.2) is 49.8 Å². The summed E-state index contributed by atoms with van der Waals surface area (Å²) in [7, 11) is -0.573. The molecule has 180 valence electrons. The minimum atomic E-state index is -2.20. The Morgan fingerprint density at radius 3 is 2.27 bits per heavy atom. The van der Waals surface area contributed by atoms with Gasteiger partial charge in [-0.15, -0.1) is 0 Å². The summed E-state index contributed by atoms with van der Waals surface area (Å²) < 4.78 is 17.6. The lowest BCUT2D eigenvalue weighted by Crippen LogP contribution is -2.49. The summed E-state index contributed by atoms with van der Waals surface area (Å²) in [4.78, 5) is 14.9. The number of aliphatic hydroxyl groups is 1. The number of carbonyl (C=O) groups excluding carboxylic acids is 1. The number of hydrogen-bond donors (Lipinski definition) is 1. The highest BCUT2D eigenvalue weighted by Gasteiger charge is 2.53. The molecule has 0 radical (unpaired) electrons. The van der Waals surface area contributed by atoms with Crippen LogP contribution in [0.1, 0.15) is 38.3 Å². The molecule has 1 aliphatic heterocycles. The molecule has 1 heterocycles. The summed E-state index contributed by atoms with van der Waals surface area (Å²) in [6.45, 7) is 11.3. The van der Waals surface area contributed by atoms with Gasteiger partial charge in [0.1, 0.15) is 11.9 Å². The number of benzene rings is 2. The monoisotopic (exact) mass is 471 g/mol. The van der Waals surface area contributed by atoms with Crippen LogP contribution in [-0.2, 0) is 27.1 Å². The van der Waals surface area contributed by atoms with Crippen LogP contribution in [0.3, 0.4) is 0 Å². The Labute approximate surface area is 198 Å². The fourth-order valence-corrected chi connectivity index (χ4v) is 4.93. The van der Waals surface area contributed by atoms with Crippen molar-refractivity contribution >= 4 is 14.2 Å². The molecule has 6 nitrogen and oxygen atoms in total. The van der Waals surface area contributed by atoms with E-state index in [1.165, 1.54) is 4.90 Å². The van der Waals surface area contributed by atoms with Gasteiger partial charge < -0.3 is 23.9 Å². The maximum Gasteiger partial charge on any atom is 0.253 e. The van der Waals surface area contributed by atoms with Crippen molar-refractivity contribution in [2.24, 2.45) is 0 Å². The van der Waals surface area contributed by atoms with E-state index in [0.29, 0.717) is 13.2 Å². The fraction of sp³-hybridized carbons (Fsp3) is 0.500. The van der Waals surface area contributed by atoms with Gasteiger partial charge in [-0.05, 0) is 41.4 Å². The first-order valence-corrected chi connectivity index (χ1v) is 14.3. The molecule has 1 amide bonds. The Hall–Kier alpha value is -2.19. The molecule has 1 N–H and O–H groups in total. The third kappa shape index (κ3) is 6.03. The van der Waals surface area contributed by atoms with Crippen LogP contribution >= 0.6 is 0 Å². The van der Waals surface area contributed by atoms with Crippen molar-refractivity contribution in [3.05, 3.63) is 65.7 Å². The summed E-state index contributed by atoms with van der Waals surface area (Å²) in [6, 6.07) is 17.3. The smallest absolute Gasteiger partial charge is 0.253 e. The number of hydrogen-bond acceptors (Lipinski definition) is 5. The van der Waals surface area contributed by atoms with Crippen LogP contribution in [0.4, 0.5) is 0 Å². The number of ether oxygens (including phenoxy) is 2. The summed E-state index contributed by atoms with van der Waals surface area (Å²) in [5, 5.41) is 11.6. The van der Waals surface area contributed by atoms with Gasteiger partial charge in [-0.1, -0.05) is 63.2 Å². The largest absolute Gasteiger partial charge is 0.497 e. The van der Waals surface area contributed by atoms with E-state index in [1.54, 1.807) is 7.11 Å². The first-order valence-electron chi connectivity index (χ1n) is 11.4. The SMILES string of the molecule is COc1ccc(COCC2(O)C[C@H](O[Si](C)(C)C(C)(C)C)C(=O)N2Cc2ccccc2)cc1. The molecule has 0 saturated carbocycles. The van der Waals surface area contributed by atoms with Crippen LogP contribution < -0.4 is 4.74 Å². The Morgan fingerprint density at radius 1 is 1.06 bits per heavy atom. The predicted molar refractivity (Wildman–Crippen MR) is 131 cm³/mol. The van der Waals surface area contributed by atoms with E-state index in [-0.39, 0.29) is 24.0 Å². The van der Waals surface area contributed by atoms with Gasteiger partial charge >= 0.3 is 0 Å². The molecule has 1 unspecified atom stereocenters. The van der Waals surface area contributed by atoms with Crippen molar-refractivity contribution in [2.45, 2.75) is 70.3 Å². The van der Waals surface area contributed by atoms with E-state index in [2.05, 4.69) is 33.9 Å². The molecule has 1 fully saturated rings. The molecular formula is C26H37NO5Si. The average Bonchev–Trinajstić information content (AvgIpc) is 2.98. The second-order valence-corrected chi connectivity index (χ2v) is 15.1. The molecule has 0 aliphatic carbocycles. The van der Waals surface area contributed by atoms with Crippen LogP contribution in [0.2, 0.25) is 18.1 Å². The summed E-state index contributed by atoms with van der Waals surface area (Å²) in [5.74, 6) is 0.595. The van der Waals surface area contributed by atoms with Crippen molar-refractivity contribution in [2.75, 3.05) is 13.7 Å². The molecule has 3 rings (SSSR count). The van der Waals surface area contributed by atoms with Crippen molar-refractivity contribution in [3.8, 4) is 5.75 Å². The summed E-state index contributed by atoms with van der Waals surface area (Å²) >= 11 is 0. The normalized spacial score (nSPS) is 21.5. The first kappa shape index (κ1) is 25.4. The molecular weight excluding hydrogens is 434 g/mol. The van der Waals surface area contributed by atoms with Gasteiger partial charge in [-0.2, -0.15) is 0 Å². The van der Waals surface area contributed by atoms with Gasteiger partial charge in [0.15, 0.2) is 14.0 Å². The van der Waals surface area contributed by atoms with Crippen LogP contribution in [0, 0.1) is 0 Å². The zero-order valence-electron chi connectivity index (χ0n) is 20.6. The second-order valence-electron chi connectivity index (χ2n) is 10.3. The number of rotatable bonds is 9. The Morgan fingerprint density at radius 2 is 1.70 bits per heavy atom. The van der Waals surface area contributed by atoms with E-state index >= 15 is 0 Å².